The van der Waals surface area contributed by atoms with Gasteiger partial charge in [0.1, 0.15) is 5.75 Å². The molecule has 0 saturated heterocycles. The Labute approximate surface area is 213 Å². The first-order chi connectivity index (χ1) is 16.4. The van der Waals surface area contributed by atoms with Gasteiger partial charge in [-0.2, -0.15) is 0 Å². The Morgan fingerprint density at radius 2 is 2.00 bits per heavy atom. The van der Waals surface area contributed by atoms with Crippen molar-refractivity contribution in [3.63, 3.8) is 0 Å². The van der Waals surface area contributed by atoms with E-state index in [0.717, 1.165) is 20.5 Å². The molecule has 3 aromatic rings. The molecule has 9 heteroatoms. The fourth-order valence-corrected chi connectivity index (χ4v) is 5.82. The highest BCUT2D eigenvalue weighted by molar-refractivity contribution is 9.10. The van der Waals surface area contributed by atoms with Gasteiger partial charge in [0, 0.05) is 4.90 Å². The lowest BCUT2D eigenvalue weighted by molar-refractivity contribution is -0.139. The minimum absolute atomic E-state index is 0.205. The lowest BCUT2D eigenvalue weighted by Crippen LogP contribution is -2.39. The van der Waals surface area contributed by atoms with Gasteiger partial charge in [0.2, 0.25) is 0 Å². The second-order valence-electron chi connectivity index (χ2n) is 7.47. The van der Waals surface area contributed by atoms with Crippen molar-refractivity contribution < 1.29 is 14.3 Å². The molecule has 1 aliphatic rings. The minimum Gasteiger partial charge on any atom is -0.496 e. The minimum atomic E-state index is -0.668. The summed E-state index contributed by atoms with van der Waals surface area (Å²) in [5.74, 6) is 0.172. The fourth-order valence-electron chi connectivity index (χ4n) is 3.81. The van der Waals surface area contributed by atoms with Crippen LogP contribution >= 0.6 is 39.0 Å². The number of hydrogen-bond acceptors (Lipinski definition) is 7. The van der Waals surface area contributed by atoms with Crippen LogP contribution in [-0.4, -0.2) is 30.5 Å². The van der Waals surface area contributed by atoms with Crippen LogP contribution in [0.5, 0.6) is 5.75 Å². The molecule has 0 spiro atoms. The topological polar surface area (TPSA) is 69.9 Å². The second-order valence-corrected chi connectivity index (χ2v) is 10.2. The van der Waals surface area contributed by atoms with E-state index in [2.05, 4.69) is 20.9 Å². The monoisotopic (exact) mass is 558 g/mol. The molecule has 0 amide bonds. The Morgan fingerprint density at radius 1 is 1.26 bits per heavy atom. The van der Waals surface area contributed by atoms with E-state index in [1.807, 2.05) is 48.7 Å². The summed E-state index contributed by atoms with van der Waals surface area (Å²) in [6.07, 6.45) is 3.88. The number of methoxy groups -OCH3 is 1. The van der Waals surface area contributed by atoms with Crippen molar-refractivity contribution in [2.24, 2.45) is 4.99 Å². The van der Waals surface area contributed by atoms with Gasteiger partial charge in [-0.05, 0) is 77.5 Å². The molecule has 2 aromatic carbocycles. The molecule has 176 valence electrons. The van der Waals surface area contributed by atoms with Crippen LogP contribution in [0.25, 0.3) is 6.08 Å². The van der Waals surface area contributed by atoms with Crippen LogP contribution in [0, 0.1) is 0 Å². The normalized spacial score (nSPS) is 15.7. The first-order valence-electron chi connectivity index (χ1n) is 10.5. The highest BCUT2D eigenvalue weighted by atomic mass is 79.9. The molecule has 0 aliphatic carbocycles. The third-order valence-electron chi connectivity index (χ3n) is 5.42. The Bertz CT molecular complexity index is 1460. The fraction of sp³-hybridized carbons (Fsp3) is 0.240. The number of nitrogens with zero attached hydrogens (tertiary/aromatic N) is 2. The Hall–Kier alpha value is -2.62. The summed E-state index contributed by atoms with van der Waals surface area (Å²) in [5.41, 5.74) is 2.36. The maximum absolute atomic E-state index is 13.6. The van der Waals surface area contributed by atoms with Crippen molar-refractivity contribution in [3.05, 3.63) is 89.0 Å². The van der Waals surface area contributed by atoms with Crippen molar-refractivity contribution in [2.75, 3.05) is 20.0 Å². The number of hydrogen-bond donors (Lipinski definition) is 0. The molecule has 1 aromatic heterocycles. The molecule has 0 fully saturated rings. The molecule has 6 nitrogen and oxygen atoms in total. The SMILES string of the molecule is CCOC(=O)C1=C(C)N=c2s/c(=C/c3ccc(SC)cc3)c(=O)n2[C@H]1c1ccc(OC)c(Br)c1. The van der Waals surface area contributed by atoms with Gasteiger partial charge in [0.05, 0.1) is 40.0 Å². The number of halogens is 1. The van der Waals surface area contributed by atoms with E-state index in [1.165, 1.54) is 11.3 Å². The predicted octanol–water partition coefficient (Wildman–Crippen LogP) is 4.29. The number of carbonyl (C=O) groups excluding carboxylic acids is 1. The zero-order chi connectivity index (χ0) is 24.4. The molecule has 4 rings (SSSR count). The molecule has 2 heterocycles. The number of carbonyl (C=O) groups is 1. The maximum Gasteiger partial charge on any atom is 0.338 e. The summed E-state index contributed by atoms with van der Waals surface area (Å²) in [6, 6.07) is 12.9. The van der Waals surface area contributed by atoms with Gasteiger partial charge in [0.25, 0.3) is 5.56 Å². The summed E-state index contributed by atoms with van der Waals surface area (Å²) in [5, 5.41) is 0. The third-order valence-corrected chi connectivity index (χ3v) is 7.77. The van der Waals surface area contributed by atoms with Crippen molar-refractivity contribution >= 4 is 51.1 Å². The van der Waals surface area contributed by atoms with E-state index in [9.17, 15) is 9.59 Å². The highest BCUT2D eigenvalue weighted by Crippen LogP contribution is 2.35. The zero-order valence-electron chi connectivity index (χ0n) is 19.1. The van der Waals surface area contributed by atoms with Crippen LogP contribution in [0.2, 0.25) is 0 Å². The van der Waals surface area contributed by atoms with E-state index in [4.69, 9.17) is 9.47 Å². The largest absolute Gasteiger partial charge is 0.496 e. The van der Waals surface area contributed by atoms with Crippen LogP contribution in [0.4, 0.5) is 0 Å². The van der Waals surface area contributed by atoms with E-state index in [-0.39, 0.29) is 12.2 Å². The lowest BCUT2D eigenvalue weighted by Gasteiger charge is -2.25. The van der Waals surface area contributed by atoms with Crippen molar-refractivity contribution in [2.45, 2.75) is 24.8 Å². The molecule has 0 N–H and O–H groups in total. The number of fused-ring (bicyclic) bond motifs is 1. The maximum atomic E-state index is 13.6. The predicted molar refractivity (Wildman–Crippen MR) is 139 cm³/mol. The van der Waals surface area contributed by atoms with E-state index < -0.39 is 12.0 Å². The van der Waals surface area contributed by atoms with Gasteiger partial charge in [-0.3, -0.25) is 9.36 Å². The molecule has 34 heavy (non-hydrogen) atoms. The number of allylic oxidation sites excluding steroid dienone is 1. The molecular formula is C25H23BrN2O4S2. The van der Waals surface area contributed by atoms with Crippen LogP contribution < -0.4 is 19.6 Å². The number of rotatable bonds is 6. The molecule has 0 unspecified atom stereocenters. The highest BCUT2D eigenvalue weighted by Gasteiger charge is 2.33. The average molecular weight is 560 g/mol. The van der Waals surface area contributed by atoms with Crippen LogP contribution in [0.15, 0.2) is 72.9 Å². The Morgan fingerprint density at radius 3 is 2.62 bits per heavy atom. The average Bonchev–Trinajstić information content (AvgIpc) is 3.13. The van der Waals surface area contributed by atoms with Gasteiger partial charge >= 0.3 is 5.97 Å². The van der Waals surface area contributed by atoms with Gasteiger partial charge in [-0.15, -0.1) is 11.8 Å². The third kappa shape index (κ3) is 4.64. The van der Waals surface area contributed by atoms with Crippen molar-refractivity contribution in [1.29, 1.82) is 0 Å². The Kier molecular flexibility index (Phi) is 7.45. The first-order valence-corrected chi connectivity index (χ1v) is 13.4. The standard InChI is InChI=1S/C25H23BrN2O4S2/c1-5-32-24(30)21-14(2)27-25-28(22(21)16-8-11-19(31-3)18(26)13-16)23(29)20(34-25)12-15-6-9-17(33-4)10-7-15/h6-13,22H,5H2,1-4H3/b20-12+/t22-/m0/s1. The number of ether oxygens (including phenoxy) is 2. The van der Waals surface area contributed by atoms with Gasteiger partial charge in [0.15, 0.2) is 4.80 Å². The van der Waals surface area contributed by atoms with Crippen molar-refractivity contribution in [3.8, 4) is 5.75 Å². The number of thiazole rings is 1. The summed E-state index contributed by atoms with van der Waals surface area (Å²) in [7, 11) is 1.59. The zero-order valence-corrected chi connectivity index (χ0v) is 22.3. The smallest absolute Gasteiger partial charge is 0.338 e. The Balaban J connectivity index is 1.93. The van der Waals surface area contributed by atoms with E-state index in [0.29, 0.717) is 26.4 Å². The summed E-state index contributed by atoms with van der Waals surface area (Å²) < 4.78 is 13.6. The first kappa shape index (κ1) is 24.5. The number of esters is 1. The van der Waals surface area contributed by atoms with E-state index >= 15 is 0 Å². The van der Waals surface area contributed by atoms with Crippen LogP contribution in [-0.2, 0) is 9.53 Å². The summed E-state index contributed by atoms with van der Waals surface area (Å²) in [6.45, 7) is 3.76. The molecule has 1 aliphatic heterocycles. The number of benzene rings is 2. The van der Waals surface area contributed by atoms with E-state index in [1.54, 1.807) is 43.4 Å². The van der Waals surface area contributed by atoms with Crippen LogP contribution in [0.1, 0.15) is 31.0 Å². The number of thioether (sulfide) groups is 1. The quantitative estimate of drug-likeness (QED) is 0.333. The molecule has 0 saturated carbocycles. The second kappa shape index (κ2) is 10.3. The van der Waals surface area contributed by atoms with Gasteiger partial charge < -0.3 is 9.47 Å². The molecule has 0 bridgehead atoms. The summed E-state index contributed by atoms with van der Waals surface area (Å²) in [4.78, 5) is 32.9. The van der Waals surface area contributed by atoms with Crippen molar-refractivity contribution in [1.82, 2.24) is 4.57 Å². The molecular weight excluding hydrogens is 536 g/mol. The van der Waals surface area contributed by atoms with Gasteiger partial charge in [-0.1, -0.05) is 29.5 Å². The molecule has 1 atom stereocenters. The van der Waals surface area contributed by atoms with Crippen LogP contribution in [0.3, 0.4) is 0 Å². The van der Waals surface area contributed by atoms with Gasteiger partial charge in [-0.25, -0.2) is 9.79 Å². The summed E-state index contributed by atoms with van der Waals surface area (Å²) >= 11 is 6.49. The lowest BCUT2D eigenvalue weighted by atomic mass is 9.96. The molecule has 0 radical (unpaired) electrons. The number of aromatic nitrogens is 1.